The van der Waals surface area contributed by atoms with Crippen LogP contribution in [-0.4, -0.2) is 39.8 Å². The van der Waals surface area contributed by atoms with E-state index in [-0.39, 0.29) is 10.6 Å². The fraction of sp³-hybridized carbons (Fsp3) is 0.208. The lowest BCUT2D eigenvalue weighted by Gasteiger charge is -2.23. The van der Waals surface area contributed by atoms with Crippen molar-refractivity contribution in [3.05, 3.63) is 90.0 Å². The van der Waals surface area contributed by atoms with Gasteiger partial charge in [0.25, 0.3) is 10.0 Å². The Balaban J connectivity index is 1.70. The van der Waals surface area contributed by atoms with Crippen molar-refractivity contribution in [2.45, 2.75) is 24.3 Å². The Bertz CT molecular complexity index is 1390. The first kappa shape index (κ1) is 23.8. The van der Waals surface area contributed by atoms with E-state index in [0.29, 0.717) is 29.1 Å². The number of hydrogen-bond donors (Lipinski definition) is 1. The van der Waals surface area contributed by atoms with Crippen LogP contribution in [0.3, 0.4) is 0 Å². The van der Waals surface area contributed by atoms with Gasteiger partial charge < -0.3 is 4.74 Å². The van der Waals surface area contributed by atoms with Crippen molar-refractivity contribution >= 4 is 31.4 Å². The predicted molar refractivity (Wildman–Crippen MR) is 132 cm³/mol. The molecular weight excluding hydrogens is 474 g/mol. The van der Waals surface area contributed by atoms with Gasteiger partial charge in [-0.15, -0.1) is 0 Å². The highest BCUT2D eigenvalue weighted by atomic mass is 32.2. The number of ether oxygens (including phenoxy) is 1. The third-order valence-electron chi connectivity index (χ3n) is 5.53. The topological polar surface area (TPSA) is 105 Å². The van der Waals surface area contributed by atoms with Gasteiger partial charge in [0.1, 0.15) is 5.75 Å². The standard InChI is InChI=1S/C24H25N3O5S2/c1-3-33(28,29)26-20-11-9-18(10-12-20)23-17-24(19-7-5-4-6-8-19)27(25-23)34(30,31)22-15-13-21(32-2)14-16-22/h4-16,24,26H,3,17H2,1-2H3/t24-/m1/s1. The van der Waals surface area contributed by atoms with Crippen molar-refractivity contribution < 1.29 is 21.6 Å². The Kier molecular flexibility index (Phi) is 6.63. The number of methoxy groups -OCH3 is 1. The Hall–Kier alpha value is -3.37. The molecule has 4 rings (SSSR count). The third-order valence-corrected chi connectivity index (χ3v) is 8.54. The van der Waals surface area contributed by atoms with Crippen molar-refractivity contribution in [2.24, 2.45) is 5.10 Å². The Morgan fingerprint density at radius 3 is 2.18 bits per heavy atom. The van der Waals surface area contributed by atoms with Crippen LogP contribution in [-0.2, 0) is 20.0 Å². The van der Waals surface area contributed by atoms with Crippen LogP contribution in [0.5, 0.6) is 5.75 Å². The molecule has 0 fully saturated rings. The molecule has 0 saturated carbocycles. The molecule has 0 radical (unpaired) electrons. The van der Waals surface area contributed by atoms with E-state index in [1.807, 2.05) is 30.3 Å². The van der Waals surface area contributed by atoms with Crippen molar-refractivity contribution in [1.29, 1.82) is 0 Å². The summed E-state index contributed by atoms with van der Waals surface area (Å²) in [6.45, 7) is 1.56. The van der Waals surface area contributed by atoms with Gasteiger partial charge in [-0.1, -0.05) is 42.5 Å². The summed E-state index contributed by atoms with van der Waals surface area (Å²) in [5, 5.41) is 4.52. The Morgan fingerprint density at radius 2 is 1.59 bits per heavy atom. The molecule has 34 heavy (non-hydrogen) atoms. The van der Waals surface area contributed by atoms with Crippen LogP contribution in [0.15, 0.2) is 88.9 Å². The summed E-state index contributed by atoms with van der Waals surface area (Å²) in [5.41, 5.74) is 2.57. The number of benzene rings is 3. The second-order valence-corrected chi connectivity index (χ2v) is 11.5. The summed E-state index contributed by atoms with van der Waals surface area (Å²) in [4.78, 5) is 0.114. The summed E-state index contributed by atoms with van der Waals surface area (Å²) in [6, 6.07) is 21.8. The first-order valence-corrected chi connectivity index (χ1v) is 13.7. The minimum absolute atomic E-state index is 0.0294. The smallest absolute Gasteiger partial charge is 0.279 e. The van der Waals surface area contributed by atoms with E-state index in [1.165, 1.54) is 19.2 Å². The maximum absolute atomic E-state index is 13.5. The highest BCUT2D eigenvalue weighted by Crippen LogP contribution is 2.37. The number of rotatable bonds is 8. The number of sulfonamides is 2. The first-order valence-electron chi connectivity index (χ1n) is 10.7. The zero-order valence-electron chi connectivity index (χ0n) is 18.7. The molecule has 0 bridgehead atoms. The molecule has 0 aromatic heterocycles. The second-order valence-electron chi connectivity index (χ2n) is 7.71. The van der Waals surface area contributed by atoms with Gasteiger partial charge in [0, 0.05) is 12.1 Å². The number of nitrogens with one attached hydrogen (secondary N) is 1. The number of anilines is 1. The quantitative estimate of drug-likeness (QED) is 0.504. The van der Waals surface area contributed by atoms with Gasteiger partial charge in [-0.05, 0) is 54.4 Å². The molecule has 3 aromatic carbocycles. The molecule has 8 nitrogen and oxygen atoms in total. The van der Waals surface area contributed by atoms with E-state index in [4.69, 9.17) is 4.74 Å². The molecule has 0 aliphatic carbocycles. The third kappa shape index (κ3) is 4.92. The molecule has 178 valence electrons. The normalized spacial score (nSPS) is 16.2. The minimum atomic E-state index is -3.94. The lowest BCUT2D eigenvalue weighted by atomic mass is 9.99. The average Bonchev–Trinajstić information content (AvgIpc) is 3.31. The van der Waals surface area contributed by atoms with Gasteiger partial charge in [-0.3, -0.25) is 4.72 Å². The van der Waals surface area contributed by atoms with Crippen LogP contribution in [0.2, 0.25) is 0 Å². The monoisotopic (exact) mass is 499 g/mol. The van der Waals surface area contributed by atoms with Crippen LogP contribution in [0.1, 0.15) is 30.5 Å². The van der Waals surface area contributed by atoms with E-state index in [1.54, 1.807) is 43.3 Å². The van der Waals surface area contributed by atoms with Crippen LogP contribution >= 0.6 is 0 Å². The SMILES string of the molecule is CCS(=O)(=O)Nc1ccc(C2=NN(S(=O)(=O)c3ccc(OC)cc3)[C@@H](c3ccccc3)C2)cc1. The number of hydrazone groups is 1. The Labute approximate surface area is 200 Å². The first-order chi connectivity index (χ1) is 16.2. The predicted octanol–water partition coefficient (Wildman–Crippen LogP) is 4.00. The molecule has 3 aromatic rings. The summed E-state index contributed by atoms with van der Waals surface area (Å²) >= 11 is 0. The molecule has 1 aliphatic heterocycles. The summed E-state index contributed by atoms with van der Waals surface area (Å²) < 4.78 is 59.5. The maximum atomic E-state index is 13.5. The van der Waals surface area contributed by atoms with Crippen LogP contribution in [0.4, 0.5) is 5.69 Å². The van der Waals surface area contributed by atoms with Crippen molar-refractivity contribution in [2.75, 3.05) is 17.6 Å². The highest BCUT2D eigenvalue weighted by molar-refractivity contribution is 7.92. The van der Waals surface area contributed by atoms with Gasteiger partial charge in [-0.25, -0.2) is 8.42 Å². The van der Waals surface area contributed by atoms with E-state index in [9.17, 15) is 16.8 Å². The van der Waals surface area contributed by atoms with Gasteiger partial charge >= 0.3 is 0 Å². The van der Waals surface area contributed by atoms with E-state index in [0.717, 1.165) is 9.98 Å². The van der Waals surface area contributed by atoms with Crippen molar-refractivity contribution in [3.8, 4) is 5.75 Å². The Morgan fingerprint density at radius 1 is 0.941 bits per heavy atom. The minimum Gasteiger partial charge on any atom is -0.497 e. The average molecular weight is 500 g/mol. The molecule has 10 heteroatoms. The zero-order valence-corrected chi connectivity index (χ0v) is 20.4. The molecular formula is C24H25N3O5S2. The van der Waals surface area contributed by atoms with Crippen molar-refractivity contribution in [1.82, 2.24) is 4.41 Å². The second kappa shape index (κ2) is 9.47. The molecule has 0 amide bonds. The van der Waals surface area contributed by atoms with Gasteiger partial charge in [-0.2, -0.15) is 17.9 Å². The molecule has 1 atom stereocenters. The zero-order chi connectivity index (χ0) is 24.3. The van der Waals surface area contributed by atoms with E-state index < -0.39 is 26.1 Å². The van der Waals surface area contributed by atoms with Gasteiger partial charge in [0.2, 0.25) is 10.0 Å². The van der Waals surface area contributed by atoms with E-state index >= 15 is 0 Å². The number of nitrogens with zero attached hydrogens (tertiary/aromatic N) is 2. The fourth-order valence-electron chi connectivity index (χ4n) is 3.65. The summed E-state index contributed by atoms with van der Waals surface area (Å²) in [7, 11) is -5.81. The summed E-state index contributed by atoms with van der Waals surface area (Å²) in [5.74, 6) is 0.529. The molecule has 1 N–H and O–H groups in total. The molecule has 0 saturated heterocycles. The van der Waals surface area contributed by atoms with E-state index in [2.05, 4.69) is 9.82 Å². The van der Waals surface area contributed by atoms with Crippen LogP contribution in [0.25, 0.3) is 0 Å². The van der Waals surface area contributed by atoms with Gasteiger partial charge in [0.05, 0.1) is 29.5 Å². The molecule has 0 unspecified atom stereocenters. The molecule has 0 spiro atoms. The molecule has 1 aliphatic rings. The highest BCUT2D eigenvalue weighted by Gasteiger charge is 2.37. The summed E-state index contributed by atoms with van der Waals surface area (Å²) in [6.07, 6.45) is 0.374. The van der Waals surface area contributed by atoms with Crippen LogP contribution < -0.4 is 9.46 Å². The molecule has 1 heterocycles. The number of hydrogen-bond acceptors (Lipinski definition) is 6. The lowest BCUT2D eigenvalue weighted by Crippen LogP contribution is -2.27. The fourth-order valence-corrected chi connectivity index (χ4v) is 5.72. The largest absolute Gasteiger partial charge is 0.497 e. The van der Waals surface area contributed by atoms with Crippen molar-refractivity contribution in [3.63, 3.8) is 0 Å². The maximum Gasteiger partial charge on any atom is 0.279 e. The van der Waals surface area contributed by atoms with Gasteiger partial charge in [0.15, 0.2) is 0 Å². The lowest BCUT2D eigenvalue weighted by molar-refractivity contribution is 0.371. The van der Waals surface area contributed by atoms with Crippen LogP contribution in [0, 0.1) is 0 Å².